The van der Waals surface area contributed by atoms with E-state index in [0.717, 1.165) is 44.7 Å². The lowest BCUT2D eigenvalue weighted by Gasteiger charge is -2.43. The van der Waals surface area contributed by atoms with Crippen LogP contribution in [0.2, 0.25) is 0 Å². The Kier molecular flexibility index (Phi) is 7.42. The van der Waals surface area contributed by atoms with Crippen molar-refractivity contribution in [3.05, 3.63) is 0 Å². The van der Waals surface area contributed by atoms with Crippen LogP contribution in [0.25, 0.3) is 0 Å². The summed E-state index contributed by atoms with van der Waals surface area (Å²) in [6, 6.07) is 0. The van der Waals surface area contributed by atoms with Gasteiger partial charge in [0.15, 0.2) is 5.96 Å². The molecule has 3 aliphatic rings. The second-order valence-corrected chi connectivity index (χ2v) is 8.88. The largest absolute Gasteiger partial charge is 0.381 e. The van der Waals surface area contributed by atoms with Gasteiger partial charge in [0.25, 0.3) is 0 Å². The lowest BCUT2D eigenvalue weighted by Crippen LogP contribution is -2.56. The van der Waals surface area contributed by atoms with Crippen LogP contribution in [0.5, 0.6) is 0 Å². The van der Waals surface area contributed by atoms with Gasteiger partial charge in [-0.15, -0.1) is 24.0 Å². The molecule has 3 aliphatic heterocycles. The summed E-state index contributed by atoms with van der Waals surface area (Å²) >= 11 is 0. The Morgan fingerprint density at radius 3 is 2.76 bits per heavy atom. The van der Waals surface area contributed by atoms with Crippen LogP contribution in [0.3, 0.4) is 0 Å². The van der Waals surface area contributed by atoms with Gasteiger partial charge in [-0.25, -0.2) is 0 Å². The fourth-order valence-corrected chi connectivity index (χ4v) is 4.57. The molecular formula is C19H37IN4O. The summed E-state index contributed by atoms with van der Waals surface area (Å²) in [6.07, 6.45) is 5.14. The molecule has 2 unspecified atom stereocenters. The van der Waals surface area contributed by atoms with E-state index in [1.165, 1.54) is 38.8 Å². The zero-order valence-corrected chi connectivity index (χ0v) is 18.8. The van der Waals surface area contributed by atoms with Gasteiger partial charge in [0.2, 0.25) is 0 Å². The Morgan fingerprint density at radius 1 is 1.32 bits per heavy atom. The van der Waals surface area contributed by atoms with Crippen LogP contribution in [0.15, 0.2) is 4.99 Å². The van der Waals surface area contributed by atoms with Crippen molar-refractivity contribution in [2.45, 2.75) is 52.0 Å². The maximum atomic E-state index is 5.65. The molecule has 0 aromatic carbocycles. The average molecular weight is 464 g/mol. The van der Waals surface area contributed by atoms with Gasteiger partial charge in [-0.2, -0.15) is 0 Å². The average Bonchev–Trinajstić information content (AvgIpc) is 3.19. The summed E-state index contributed by atoms with van der Waals surface area (Å²) in [5, 5.41) is 3.66. The first-order valence-corrected chi connectivity index (χ1v) is 9.73. The van der Waals surface area contributed by atoms with E-state index in [2.05, 4.69) is 40.9 Å². The molecular weight excluding hydrogens is 427 g/mol. The molecule has 0 aromatic rings. The lowest BCUT2D eigenvalue weighted by atomic mass is 9.87. The number of piperidine rings is 1. The Morgan fingerprint density at radius 2 is 2.12 bits per heavy atom. The molecule has 0 bridgehead atoms. The highest BCUT2D eigenvalue weighted by molar-refractivity contribution is 14.0. The molecule has 1 N–H and O–H groups in total. The fraction of sp³-hybridized carbons (Fsp3) is 0.947. The van der Waals surface area contributed by atoms with E-state index >= 15 is 0 Å². The molecule has 6 heteroatoms. The first-order valence-electron chi connectivity index (χ1n) is 9.73. The Bertz CT molecular complexity index is 462. The molecule has 5 nitrogen and oxygen atoms in total. The molecule has 25 heavy (non-hydrogen) atoms. The van der Waals surface area contributed by atoms with E-state index < -0.39 is 0 Å². The van der Waals surface area contributed by atoms with Gasteiger partial charge < -0.3 is 15.0 Å². The van der Waals surface area contributed by atoms with Crippen molar-refractivity contribution in [2.75, 3.05) is 53.0 Å². The maximum absolute atomic E-state index is 5.65. The van der Waals surface area contributed by atoms with E-state index in [0.29, 0.717) is 5.41 Å². The normalized spacial score (nSPS) is 31.4. The Balaban J connectivity index is 0.00000225. The standard InChI is InChI=1S/C19H36N4O.HI/c1-16-6-5-9-23(12-16)18(2,3)13-21-17(20-4)22-10-7-19(14-22)8-11-24-15-19;/h16H,5-15H2,1-4H3,(H,20,21);1H. The van der Waals surface area contributed by atoms with Crippen molar-refractivity contribution in [1.29, 1.82) is 0 Å². The quantitative estimate of drug-likeness (QED) is 0.396. The number of hydrogen-bond donors (Lipinski definition) is 1. The predicted octanol–water partition coefficient (Wildman–Crippen LogP) is 2.80. The number of nitrogens with zero attached hydrogens (tertiary/aromatic N) is 3. The number of rotatable bonds is 3. The molecule has 3 fully saturated rings. The van der Waals surface area contributed by atoms with Crippen LogP contribution in [0, 0.1) is 11.3 Å². The van der Waals surface area contributed by atoms with Crippen molar-refractivity contribution >= 4 is 29.9 Å². The molecule has 3 heterocycles. The van der Waals surface area contributed by atoms with Gasteiger partial charge in [0, 0.05) is 50.8 Å². The molecule has 3 saturated heterocycles. The minimum absolute atomic E-state index is 0. The Labute approximate surface area is 171 Å². The molecule has 0 saturated carbocycles. The topological polar surface area (TPSA) is 40.1 Å². The minimum atomic E-state index is 0. The van der Waals surface area contributed by atoms with Crippen molar-refractivity contribution in [3.8, 4) is 0 Å². The molecule has 0 aromatic heterocycles. The molecule has 3 rings (SSSR count). The highest BCUT2D eigenvalue weighted by Crippen LogP contribution is 2.38. The van der Waals surface area contributed by atoms with Crippen molar-refractivity contribution < 1.29 is 4.74 Å². The summed E-state index contributed by atoms with van der Waals surface area (Å²) in [7, 11) is 1.91. The number of nitrogens with one attached hydrogen (secondary N) is 1. The fourth-order valence-electron chi connectivity index (χ4n) is 4.57. The van der Waals surface area contributed by atoms with Crippen LogP contribution in [0.1, 0.15) is 46.5 Å². The summed E-state index contributed by atoms with van der Waals surface area (Å²) in [5.74, 6) is 1.88. The second kappa shape index (κ2) is 8.74. The highest BCUT2D eigenvalue weighted by Gasteiger charge is 2.42. The zero-order valence-electron chi connectivity index (χ0n) is 16.5. The first-order chi connectivity index (χ1) is 11.4. The number of aliphatic imine (C=N–C) groups is 1. The number of halogens is 1. The lowest BCUT2D eigenvalue weighted by molar-refractivity contribution is 0.0735. The third kappa shape index (κ3) is 5.01. The summed E-state index contributed by atoms with van der Waals surface area (Å²) < 4.78 is 5.65. The van der Waals surface area contributed by atoms with Gasteiger partial charge in [-0.05, 0) is 52.0 Å². The summed E-state index contributed by atoms with van der Waals surface area (Å²) in [6.45, 7) is 14.5. The number of hydrogen-bond acceptors (Lipinski definition) is 3. The second-order valence-electron chi connectivity index (χ2n) is 8.88. The van der Waals surface area contributed by atoms with Crippen LogP contribution >= 0.6 is 24.0 Å². The summed E-state index contributed by atoms with van der Waals surface area (Å²) in [5.41, 5.74) is 0.550. The summed E-state index contributed by atoms with van der Waals surface area (Å²) in [4.78, 5) is 9.64. The smallest absolute Gasteiger partial charge is 0.193 e. The number of guanidine groups is 1. The van der Waals surface area contributed by atoms with Crippen LogP contribution in [-0.4, -0.2) is 74.3 Å². The van der Waals surface area contributed by atoms with Crippen molar-refractivity contribution in [3.63, 3.8) is 0 Å². The molecule has 146 valence electrons. The van der Waals surface area contributed by atoms with E-state index in [1.807, 2.05) is 7.05 Å². The van der Waals surface area contributed by atoms with E-state index in [4.69, 9.17) is 4.74 Å². The van der Waals surface area contributed by atoms with E-state index in [1.54, 1.807) is 0 Å². The molecule has 2 atom stereocenters. The molecule has 0 radical (unpaired) electrons. The van der Waals surface area contributed by atoms with Crippen LogP contribution < -0.4 is 5.32 Å². The first kappa shape index (κ1) is 21.2. The third-order valence-electron chi connectivity index (χ3n) is 6.33. The van der Waals surface area contributed by atoms with E-state index in [-0.39, 0.29) is 29.5 Å². The SMILES string of the molecule is CN=C(NCC(C)(C)N1CCCC(C)C1)N1CCC2(CCOC2)C1.I. The molecule has 1 spiro atoms. The highest BCUT2D eigenvalue weighted by atomic mass is 127. The monoisotopic (exact) mass is 464 g/mol. The molecule has 0 amide bonds. The van der Waals surface area contributed by atoms with Crippen LogP contribution in [0.4, 0.5) is 0 Å². The zero-order chi connectivity index (χ0) is 17.2. The van der Waals surface area contributed by atoms with Gasteiger partial charge >= 0.3 is 0 Å². The van der Waals surface area contributed by atoms with Crippen molar-refractivity contribution in [1.82, 2.24) is 15.1 Å². The predicted molar refractivity (Wildman–Crippen MR) is 115 cm³/mol. The minimum Gasteiger partial charge on any atom is -0.381 e. The van der Waals surface area contributed by atoms with Crippen molar-refractivity contribution in [2.24, 2.45) is 16.3 Å². The maximum Gasteiger partial charge on any atom is 0.193 e. The van der Waals surface area contributed by atoms with Gasteiger partial charge in [-0.3, -0.25) is 9.89 Å². The van der Waals surface area contributed by atoms with Gasteiger partial charge in [-0.1, -0.05) is 6.92 Å². The Hall–Kier alpha value is -0.0800. The van der Waals surface area contributed by atoms with E-state index in [9.17, 15) is 0 Å². The van der Waals surface area contributed by atoms with Crippen LogP contribution in [-0.2, 0) is 4.74 Å². The van der Waals surface area contributed by atoms with Gasteiger partial charge in [0.05, 0.1) is 6.61 Å². The number of ether oxygens (including phenoxy) is 1. The molecule has 0 aliphatic carbocycles. The van der Waals surface area contributed by atoms with Gasteiger partial charge in [0.1, 0.15) is 0 Å². The third-order valence-corrected chi connectivity index (χ3v) is 6.33. The number of likely N-dealkylation sites (tertiary alicyclic amines) is 2.